The molecule has 4 nitrogen and oxygen atoms in total. The molecule has 1 aromatic carbocycles. The van der Waals surface area contributed by atoms with Gasteiger partial charge in [0.1, 0.15) is 5.75 Å². The average Bonchev–Trinajstić information content (AvgIpc) is 2.54. The highest BCUT2D eigenvalue weighted by molar-refractivity contribution is 5.66. The number of carbonyl (C=O) groups is 1. The standard InChI is InChI=1S/C18H27NO3/c20-18(21)10-12-19-14-16-6-8-17(9-7-16)22-13-11-15-4-2-1-3-5-15/h6-9,15,19H,1-5,10-14H2,(H,20,21). The fourth-order valence-electron chi connectivity index (χ4n) is 2.95. The Balaban J connectivity index is 1.62. The van der Waals surface area contributed by atoms with E-state index in [9.17, 15) is 4.79 Å². The number of ether oxygens (including phenoxy) is 1. The maximum absolute atomic E-state index is 10.4. The van der Waals surface area contributed by atoms with Gasteiger partial charge >= 0.3 is 5.97 Å². The highest BCUT2D eigenvalue weighted by atomic mass is 16.5. The Bertz CT molecular complexity index is 438. The van der Waals surface area contributed by atoms with Gasteiger partial charge < -0.3 is 15.2 Å². The van der Waals surface area contributed by atoms with Crippen molar-refractivity contribution in [3.63, 3.8) is 0 Å². The number of aliphatic carboxylic acids is 1. The number of carboxylic acids is 1. The molecule has 0 spiro atoms. The smallest absolute Gasteiger partial charge is 0.304 e. The first-order valence-corrected chi connectivity index (χ1v) is 8.38. The summed E-state index contributed by atoms with van der Waals surface area (Å²) in [5, 5.41) is 11.7. The number of carboxylic acid groups (broad SMARTS) is 1. The second kappa shape index (κ2) is 9.46. The van der Waals surface area contributed by atoms with Crippen molar-refractivity contribution in [2.75, 3.05) is 13.2 Å². The van der Waals surface area contributed by atoms with Crippen LogP contribution >= 0.6 is 0 Å². The zero-order chi connectivity index (χ0) is 15.6. The van der Waals surface area contributed by atoms with Gasteiger partial charge in [-0.2, -0.15) is 0 Å². The number of hydrogen-bond donors (Lipinski definition) is 2. The number of rotatable bonds is 9. The first-order valence-electron chi connectivity index (χ1n) is 8.38. The molecule has 1 aliphatic carbocycles. The third kappa shape index (κ3) is 6.48. The average molecular weight is 305 g/mol. The second-order valence-corrected chi connectivity index (χ2v) is 6.11. The van der Waals surface area contributed by atoms with Gasteiger partial charge in [-0.15, -0.1) is 0 Å². The Kier molecular flexibility index (Phi) is 7.23. The van der Waals surface area contributed by atoms with Crippen LogP contribution in [-0.4, -0.2) is 24.2 Å². The largest absolute Gasteiger partial charge is 0.494 e. The van der Waals surface area contributed by atoms with Gasteiger partial charge in [0.15, 0.2) is 0 Å². The summed E-state index contributed by atoms with van der Waals surface area (Å²) in [4.78, 5) is 10.4. The third-order valence-corrected chi connectivity index (χ3v) is 4.29. The van der Waals surface area contributed by atoms with Crippen LogP contribution in [0.3, 0.4) is 0 Å². The van der Waals surface area contributed by atoms with E-state index in [-0.39, 0.29) is 6.42 Å². The van der Waals surface area contributed by atoms with Gasteiger partial charge in [-0.05, 0) is 30.0 Å². The minimum absolute atomic E-state index is 0.155. The van der Waals surface area contributed by atoms with Gasteiger partial charge in [0.05, 0.1) is 13.0 Å². The predicted octanol–water partition coefficient (Wildman–Crippen LogP) is 3.60. The van der Waals surface area contributed by atoms with E-state index in [4.69, 9.17) is 9.84 Å². The number of hydrogen-bond acceptors (Lipinski definition) is 3. The topological polar surface area (TPSA) is 58.6 Å². The molecule has 0 aromatic heterocycles. The zero-order valence-corrected chi connectivity index (χ0v) is 13.2. The van der Waals surface area contributed by atoms with Crippen LogP contribution in [0, 0.1) is 5.92 Å². The quantitative estimate of drug-likeness (QED) is 0.684. The van der Waals surface area contributed by atoms with Crippen LogP contribution in [0.4, 0.5) is 0 Å². The van der Waals surface area contributed by atoms with Crippen LogP contribution < -0.4 is 10.1 Å². The Hall–Kier alpha value is -1.55. The van der Waals surface area contributed by atoms with E-state index in [1.807, 2.05) is 24.3 Å². The molecule has 0 atom stereocenters. The minimum Gasteiger partial charge on any atom is -0.494 e. The molecule has 0 unspecified atom stereocenters. The molecule has 1 aromatic rings. The van der Waals surface area contributed by atoms with Crippen molar-refractivity contribution in [3.05, 3.63) is 29.8 Å². The molecule has 2 N–H and O–H groups in total. The van der Waals surface area contributed by atoms with Crippen LogP contribution in [0.15, 0.2) is 24.3 Å². The lowest BCUT2D eigenvalue weighted by atomic mass is 9.87. The van der Waals surface area contributed by atoms with Crippen LogP contribution in [0.5, 0.6) is 5.75 Å². The number of benzene rings is 1. The molecule has 22 heavy (non-hydrogen) atoms. The van der Waals surface area contributed by atoms with Crippen molar-refractivity contribution in [1.29, 1.82) is 0 Å². The molecule has 0 heterocycles. The van der Waals surface area contributed by atoms with Gasteiger partial charge in [-0.1, -0.05) is 44.2 Å². The maximum atomic E-state index is 10.4. The summed E-state index contributed by atoms with van der Waals surface area (Å²) in [6.07, 6.45) is 8.22. The van der Waals surface area contributed by atoms with Crippen molar-refractivity contribution >= 4 is 5.97 Å². The van der Waals surface area contributed by atoms with Crippen molar-refractivity contribution in [3.8, 4) is 5.75 Å². The molecule has 0 saturated heterocycles. The summed E-state index contributed by atoms with van der Waals surface area (Å²) in [6, 6.07) is 8.05. The summed E-state index contributed by atoms with van der Waals surface area (Å²) < 4.78 is 5.82. The van der Waals surface area contributed by atoms with Crippen LogP contribution in [0.2, 0.25) is 0 Å². The first kappa shape index (κ1) is 16.8. The molecule has 0 bridgehead atoms. The lowest BCUT2D eigenvalue weighted by Gasteiger charge is -2.21. The molecule has 1 fully saturated rings. The van der Waals surface area contributed by atoms with E-state index in [0.717, 1.165) is 23.8 Å². The SMILES string of the molecule is O=C(O)CCNCc1ccc(OCCC2CCCCC2)cc1. The van der Waals surface area contributed by atoms with E-state index < -0.39 is 5.97 Å². The van der Waals surface area contributed by atoms with Gasteiger partial charge in [0, 0.05) is 13.1 Å². The van der Waals surface area contributed by atoms with Crippen molar-refractivity contribution in [2.24, 2.45) is 5.92 Å². The Morgan fingerprint density at radius 1 is 1.18 bits per heavy atom. The van der Waals surface area contributed by atoms with Crippen molar-refractivity contribution < 1.29 is 14.6 Å². The van der Waals surface area contributed by atoms with E-state index in [1.54, 1.807) is 0 Å². The zero-order valence-electron chi connectivity index (χ0n) is 13.2. The fraction of sp³-hybridized carbons (Fsp3) is 0.611. The summed E-state index contributed by atoms with van der Waals surface area (Å²) in [6.45, 7) is 1.99. The molecule has 0 amide bonds. The summed E-state index contributed by atoms with van der Waals surface area (Å²) >= 11 is 0. The molecule has 1 aliphatic rings. The minimum atomic E-state index is -0.769. The Morgan fingerprint density at radius 2 is 1.91 bits per heavy atom. The highest BCUT2D eigenvalue weighted by Gasteiger charge is 2.12. The lowest BCUT2D eigenvalue weighted by Crippen LogP contribution is -2.17. The Labute approximate surface area is 132 Å². The van der Waals surface area contributed by atoms with Gasteiger partial charge in [0.2, 0.25) is 0 Å². The molecule has 4 heteroatoms. The summed E-state index contributed by atoms with van der Waals surface area (Å²) in [5.74, 6) is 1.01. The Morgan fingerprint density at radius 3 is 2.59 bits per heavy atom. The van der Waals surface area contributed by atoms with Gasteiger partial charge in [-0.25, -0.2) is 0 Å². The molecule has 122 valence electrons. The monoisotopic (exact) mass is 305 g/mol. The predicted molar refractivity (Wildman–Crippen MR) is 87.1 cm³/mol. The van der Waals surface area contributed by atoms with E-state index >= 15 is 0 Å². The van der Waals surface area contributed by atoms with Gasteiger partial charge in [-0.3, -0.25) is 4.79 Å². The second-order valence-electron chi connectivity index (χ2n) is 6.11. The van der Waals surface area contributed by atoms with E-state index in [1.165, 1.54) is 38.5 Å². The van der Waals surface area contributed by atoms with Crippen molar-refractivity contribution in [1.82, 2.24) is 5.32 Å². The van der Waals surface area contributed by atoms with Crippen molar-refractivity contribution in [2.45, 2.75) is 51.5 Å². The van der Waals surface area contributed by atoms with E-state index in [0.29, 0.717) is 13.1 Å². The summed E-state index contributed by atoms with van der Waals surface area (Å²) in [7, 11) is 0. The molecule has 0 aliphatic heterocycles. The van der Waals surface area contributed by atoms with Crippen LogP contribution in [-0.2, 0) is 11.3 Å². The van der Waals surface area contributed by atoms with Gasteiger partial charge in [0.25, 0.3) is 0 Å². The fourth-order valence-corrected chi connectivity index (χ4v) is 2.95. The van der Waals surface area contributed by atoms with Crippen LogP contribution in [0.1, 0.15) is 50.5 Å². The molecule has 0 radical (unpaired) electrons. The lowest BCUT2D eigenvalue weighted by molar-refractivity contribution is -0.136. The normalized spacial score (nSPS) is 15.6. The molecule has 1 saturated carbocycles. The highest BCUT2D eigenvalue weighted by Crippen LogP contribution is 2.26. The van der Waals surface area contributed by atoms with Crippen LogP contribution in [0.25, 0.3) is 0 Å². The third-order valence-electron chi connectivity index (χ3n) is 4.29. The first-order chi connectivity index (χ1) is 10.7. The maximum Gasteiger partial charge on any atom is 0.304 e. The number of nitrogens with one attached hydrogen (secondary N) is 1. The molecular formula is C18H27NO3. The van der Waals surface area contributed by atoms with E-state index in [2.05, 4.69) is 5.32 Å². The molecular weight excluding hydrogens is 278 g/mol. The summed E-state index contributed by atoms with van der Waals surface area (Å²) in [5.41, 5.74) is 1.14. The molecule has 2 rings (SSSR count).